The summed E-state index contributed by atoms with van der Waals surface area (Å²) in [7, 11) is 1.66. The average molecular weight is 239 g/mol. The zero-order valence-corrected chi connectivity index (χ0v) is 10.6. The molecule has 0 bridgehead atoms. The predicted octanol–water partition coefficient (Wildman–Crippen LogP) is 0.849. The number of hydrogen-bond donors (Lipinski definition) is 2. The Morgan fingerprint density at radius 2 is 2.35 bits per heavy atom. The van der Waals surface area contributed by atoms with Gasteiger partial charge in [-0.05, 0) is 6.42 Å². The largest absolute Gasteiger partial charge is 0.383 e. The molecule has 0 fully saturated rings. The number of H-pyrrole nitrogens is 1. The first-order chi connectivity index (χ1) is 8.26. The summed E-state index contributed by atoms with van der Waals surface area (Å²) in [5.74, 6) is 0.780. The van der Waals surface area contributed by atoms with E-state index in [4.69, 9.17) is 4.74 Å². The molecule has 5 nitrogen and oxygen atoms in total. The topological polar surface area (TPSA) is 67.0 Å². The molecule has 1 aromatic heterocycles. The van der Waals surface area contributed by atoms with Crippen LogP contribution >= 0.6 is 0 Å². The smallest absolute Gasteiger partial charge is 0.251 e. The molecule has 5 heteroatoms. The Morgan fingerprint density at radius 3 is 3.06 bits per heavy atom. The van der Waals surface area contributed by atoms with Gasteiger partial charge in [-0.1, -0.05) is 13.3 Å². The van der Waals surface area contributed by atoms with Crippen LogP contribution in [-0.4, -0.2) is 30.2 Å². The van der Waals surface area contributed by atoms with Crippen molar-refractivity contribution in [2.75, 3.05) is 20.3 Å². The zero-order chi connectivity index (χ0) is 12.5. The first kappa shape index (κ1) is 13.9. The third-order valence-corrected chi connectivity index (χ3v) is 2.40. The quantitative estimate of drug-likeness (QED) is 0.660. The maximum Gasteiger partial charge on any atom is 0.251 e. The van der Waals surface area contributed by atoms with Gasteiger partial charge in [-0.25, -0.2) is 4.98 Å². The summed E-state index contributed by atoms with van der Waals surface area (Å²) in [6.07, 6.45) is 2.97. The van der Waals surface area contributed by atoms with E-state index in [0.29, 0.717) is 13.2 Å². The third-order valence-electron chi connectivity index (χ3n) is 2.40. The Balaban J connectivity index is 2.53. The van der Waals surface area contributed by atoms with Crippen LogP contribution in [-0.2, 0) is 17.7 Å². The molecule has 0 unspecified atom stereocenters. The summed E-state index contributed by atoms with van der Waals surface area (Å²) in [6.45, 7) is 4.14. The van der Waals surface area contributed by atoms with Gasteiger partial charge >= 0.3 is 0 Å². The van der Waals surface area contributed by atoms with Crippen molar-refractivity contribution < 1.29 is 4.74 Å². The second-order valence-corrected chi connectivity index (χ2v) is 3.96. The summed E-state index contributed by atoms with van der Waals surface area (Å²) < 4.78 is 4.93. The fourth-order valence-electron chi connectivity index (χ4n) is 1.51. The van der Waals surface area contributed by atoms with E-state index in [9.17, 15) is 4.79 Å². The molecule has 96 valence electrons. The van der Waals surface area contributed by atoms with Crippen LogP contribution < -0.4 is 10.9 Å². The monoisotopic (exact) mass is 239 g/mol. The van der Waals surface area contributed by atoms with Gasteiger partial charge < -0.3 is 15.0 Å². The fraction of sp³-hybridized carbons (Fsp3) is 0.667. The molecule has 1 aromatic rings. The number of unbranched alkanes of at least 4 members (excludes halogenated alkanes) is 1. The first-order valence-electron chi connectivity index (χ1n) is 6.05. The van der Waals surface area contributed by atoms with Crippen molar-refractivity contribution in [3.63, 3.8) is 0 Å². The molecule has 0 spiro atoms. The minimum absolute atomic E-state index is 0.0744. The molecular weight excluding hydrogens is 218 g/mol. The molecule has 0 amide bonds. The van der Waals surface area contributed by atoms with Crippen molar-refractivity contribution in [2.24, 2.45) is 0 Å². The van der Waals surface area contributed by atoms with E-state index in [2.05, 4.69) is 22.2 Å². The van der Waals surface area contributed by atoms with Crippen LogP contribution in [0.4, 0.5) is 0 Å². The highest BCUT2D eigenvalue weighted by atomic mass is 16.5. The van der Waals surface area contributed by atoms with Crippen LogP contribution in [0.15, 0.2) is 10.9 Å². The van der Waals surface area contributed by atoms with Crippen LogP contribution in [0, 0.1) is 0 Å². The maximum absolute atomic E-state index is 11.4. The molecule has 0 saturated heterocycles. The minimum Gasteiger partial charge on any atom is -0.383 e. The van der Waals surface area contributed by atoms with Crippen LogP contribution in [0.2, 0.25) is 0 Å². The van der Waals surface area contributed by atoms with E-state index in [0.717, 1.165) is 37.3 Å². The predicted molar refractivity (Wildman–Crippen MR) is 67.1 cm³/mol. The van der Waals surface area contributed by atoms with Crippen molar-refractivity contribution in [3.8, 4) is 0 Å². The SMILES string of the molecule is CCCCc1nc(CNCCOC)cc(=O)[nH]1. The first-order valence-corrected chi connectivity index (χ1v) is 6.05. The van der Waals surface area contributed by atoms with E-state index < -0.39 is 0 Å². The number of rotatable bonds is 8. The van der Waals surface area contributed by atoms with Gasteiger partial charge in [0.2, 0.25) is 0 Å². The van der Waals surface area contributed by atoms with Crippen molar-refractivity contribution in [1.29, 1.82) is 0 Å². The number of aromatic nitrogens is 2. The summed E-state index contributed by atoms with van der Waals surface area (Å²) in [5, 5.41) is 3.17. The second kappa shape index (κ2) is 7.97. The van der Waals surface area contributed by atoms with E-state index in [1.807, 2.05) is 0 Å². The van der Waals surface area contributed by atoms with Crippen LogP contribution in [0.5, 0.6) is 0 Å². The standard InChI is InChI=1S/C12H21N3O2/c1-3-4-5-11-14-10(8-12(16)15-11)9-13-6-7-17-2/h8,13H,3-7,9H2,1-2H3,(H,14,15,16). The lowest BCUT2D eigenvalue weighted by Gasteiger charge is -2.05. The fourth-order valence-corrected chi connectivity index (χ4v) is 1.51. The molecule has 1 rings (SSSR count). The number of nitrogens with zero attached hydrogens (tertiary/aromatic N) is 1. The molecule has 2 N–H and O–H groups in total. The third kappa shape index (κ3) is 5.60. The van der Waals surface area contributed by atoms with Crippen molar-refractivity contribution in [1.82, 2.24) is 15.3 Å². The van der Waals surface area contributed by atoms with Gasteiger partial charge in [0.15, 0.2) is 0 Å². The number of hydrogen-bond acceptors (Lipinski definition) is 4. The maximum atomic E-state index is 11.4. The lowest BCUT2D eigenvalue weighted by molar-refractivity contribution is 0.199. The Bertz CT molecular complexity index is 376. The van der Waals surface area contributed by atoms with Gasteiger partial charge in [0.05, 0.1) is 12.3 Å². The van der Waals surface area contributed by atoms with E-state index in [1.165, 1.54) is 6.07 Å². The molecule has 17 heavy (non-hydrogen) atoms. The molecule has 0 radical (unpaired) electrons. The summed E-state index contributed by atoms with van der Waals surface area (Å²) in [6, 6.07) is 1.54. The van der Waals surface area contributed by atoms with Gasteiger partial charge in [-0.3, -0.25) is 4.79 Å². The molecule has 0 aliphatic heterocycles. The molecule has 0 aliphatic carbocycles. The van der Waals surface area contributed by atoms with Crippen LogP contribution in [0.1, 0.15) is 31.3 Å². The Hall–Kier alpha value is -1.20. The Morgan fingerprint density at radius 1 is 1.53 bits per heavy atom. The van der Waals surface area contributed by atoms with E-state index in [-0.39, 0.29) is 5.56 Å². The van der Waals surface area contributed by atoms with Crippen molar-refractivity contribution in [2.45, 2.75) is 32.7 Å². The van der Waals surface area contributed by atoms with Crippen molar-refractivity contribution >= 4 is 0 Å². The molecule has 0 saturated carbocycles. The minimum atomic E-state index is -0.0744. The summed E-state index contributed by atoms with van der Waals surface area (Å²) >= 11 is 0. The average Bonchev–Trinajstić information content (AvgIpc) is 2.31. The normalized spacial score (nSPS) is 10.7. The van der Waals surface area contributed by atoms with Crippen molar-refractivity contribution in [3.05, 3.63) is 27.9 Å². The van der Waals surface area contributed by atoms with Gasteiger partial charge in [-0.15, -0.1) is 0 Å². The molecular formula is C12H21N3O2. The number of aryl methyl sites for hydroxylation is 1. The van der Waals surface area contributed by atoms with Crippen LogP contribution in [0.25, 0.3) is 0 Å². The lowest BCUT2D eigenvalue weighted by atomic mass is 10.2. The van der Waals surface area contributed by atoms with Gasteiger partial charge in [0.1, 0.15) is 5.82 Å². The van der Waals surface area contributed by atoms with E-state index >= 15 is 0 Å². The number of nitrogens with one attached hydrogen (secondary N) is 2. The highest BCUT2D eigenvalue weighted by Gasteiger charge is 2.00. The zero-order valence-electron chi connectivity index (χ0n) is 10.6. The Labute approximate surface area is 102 Å². The summed E-state index contributed by atoms with van der Waals surface area (Å²) in [4.78, 5) is 18.6. The molecule has 0 aromatic carbocycles. The van der Waals surface area contributed by atoms with Gasteiger partial charge in [0, 0.05) is 32.7 Å². The molecule has 0 aliphatic rings. The lowest BCUT2D eigenvalue weighted by Crippen LogP contribution is -2.22. The Kier molecular flexibility index (Phi) is 6.50. The number of ether oxygens (including phenoxy) is 1. The highest BCUT2D eigenvalue weighted by Crippen LogP contribution is 1.98. The van der Waals surface area contributed by atoms with Gasteiger partial charge in [-0.2, -0.15) is 0 Å². The molecule has 1 heterocycles. The second-order valence-electron chi connectivity index (χ2n) is 3.96. The number of methoxy groups -OCH3 is 1. The number of aromatic amines is 1. The van der Waals surface area contributed by atoms with Gasteiger partial charge in [0.25, 0.3) is 5.56 Å². The summed E-state index contributed by atoms with van der Waals surface area (Å²) in [5.41, 5.74) is 0.714. The highest BCUT2D eigenvalue weighted by molar-refractivity contribution is 5.02. The van der Waals surface area contributed by atoms with E-state index in [1.54, 1.807) is 7.11 Å². The molecule has 0 atom stereocenters. The van der Waals surface area contributed by atoms with Crippen LogP contribution in [0.3, 0.4) is 0 Å².